The Morgan fingerprint density at radius 3 is 2.96 bits per heavy atom. The predicted octanol–water partition coefficient (Wildman–Crippen LogP) is 3.53. The number of anilines is 1. The summed E-state index contributed by atoms with van der Waals surface area (Å²) in [6.45, 7) is 2.74. The lowest BCUT2D eigenvalue weighted by Gasteiger charge is -2.30. The molecule has 0 unspecified atom stereocenters. The molecule has 1 aliphatic rings. The molecule has 0 bridgehead atoms. The van der Waals surface area contributed by atoms with Gasteiger partial charge in [0.1, 0.15) is 5.01 Å². The maximum Gasteiger partial charge on any atom is 0.321 e. The molecule has 1 aromatic heterocycles. The zero-order valence-corrected chi connectivity index (χ0v) is 14.5. The van der Waals surface area contributed by atoms with Crippen LogP contribution in [0, 0.1) is 0 Å². The number of urea groups is 1. The Kier molecular flexibility index (Phi) is 5.77. The van der Waals surface area contributed by atoms with Crippen molar-refractivity contribution in [2.45, 2.75) is 44.8 Å². The van der Waals surface area contributed by atoms with Crippen molar-refractivity contribution in [3.05, 3.63) is 40.9 Å². The largest absolute Gasteiger partial charge is 0.373 e. The van der Waals surface area contributed by atoms with Gasteiger partial charge in [0.05, 0.1) is 6.10 Å². The lowest BCUT2D eigenvalue weighted by atomic mass is 9.97. The Morgan fingerprint density at radius 1 is 1.33 bits per heavy atom. The highest BCUT2D eigenvalue weighted by molar-refractivity contribution is 7.15. The highest BCUT2D eigenvalue weighted by Crippen LogP contribution is 2.28. The molecule has 7 heteroatoms. The molecule has 6 nitrogen and oxygen atoms in total. The quantitative estimate of drug-likeness (QED) is 0.868. The number of ether oxygens (including phenoxy) is 1. The number of nitrogens with zero attached hydrogens (tertiary/aromatic N) is 2. The fourth-order valence-electron chi connectivity index (χ4n) is 2.77. The number of nitrogens with one attached hydrogen (secondary N) is 2. The van der Waals surface area contributed by atoms with E-state index in [4.69, 9.17) is 4.74 Å². The van der Waals surface area contributed by atoms with E-state index in [-0.39, 0.29) is 18.2 Å². The van der Waals surface area contributed by atoms with Gasteiger partial charge in [-0.15, -0.1) is 10.2 Å². The summed E-state index contributed by atoms with van der Waals surface area (Å²) >= 11 is 1.43. The van der Waals surface area contributed by atoms with Crippen LogP contribution in [0.25, 0.3) is 0 Å². The molecule has 0 spiro atoms. The molecule has 1 fully saturated rings. The molecule has 128 valence electrons. The molecule has 0 saturated carbocycles. The van der Waals surface area contributed by atoms with Crippen molar-refractivity contribution in [3.63, 3.8) is 0 Å². The second kappa shape index (κ2) is 8.21. The van der Waals surface area contributed by atoms with Crippen LogP contribution >= 0.6 is 11.3 Å². The summed E-state index contributed by atoms with van der Waals surface area (Å²) in [6, 6.07) is 9.98. The van der Waals surface area contributed by atoms with Crippen LogP contribution in [0.2, 0.25) is 0 Å². The second-order valence-corrected chi connectivity index (χ2v) is 6.90. The minimum absolute atomic E-state index is 0.0305. The number of carbonyl (C=O) groups excluding carboxylic acids is 1. The molecule has 0 radical (unpaired) electrons. The summed E-state index contributed by atoms with van der Waals surface area (Å²) in [7, 11) is 0. The second-order valence-electron chi connectivity index (χ2n) is 5.84. The standard InChI is InChI=1S/C17H22N4O2S/c1-2-6-15-20-21-17(24-15)19-16(22)18-13-9-10-23-14(11-13)12-7-4-3-5-8-12/h3-5,7-8,13-14H,2,6,9-11H2,1H3,(H2,18,19,21,22)/t13-,14+/m0/s1. The first-order valence-electron chi connectivity index (χ1n) is 8.31. The first-order chi connectivity index (χ1) is 11.7. The third-order valence-electron chi connectivity index (χ3n) is 3.94. The molecular weight excluding hydrogens is 324 g/mol. The van der Waals surface area contributed by atoms with Crippen LogP contribution in [-0.4, -0.2) is 28.9 Å². The molecule has 2 heterocycles. The fraction of sp³-hybridized carbons (Fsp3) is 0.471. The number of amides is 2. The van der Waals surface area contributed by atoms with Crippen molar-refractivity contribution in [1.29, 1.82) is 0 Å². The summed E-state index contributed by atoms with van der Waals surface area (Å²) in [5, 5.41) is 15.4. The number of hydrogen-bond acceptors (Lipinski definition) is 5. The molecule has 2 atom stereocenters. The van der Waals surface area contributed by atoms with E-state index < -0.39 is 0 Å². The van der Waals surface area contributed by atoms with Crippen LogP contribution in [-0.2, 0) is 11.2 Å². The van der Waals surface area contributed by atoms with Gasteiger partial charge in [0.2, 0.25) is 5.13 Å². The van der Waals surface area contributed by atoms with Gasteiger partial charge < -0.3 is 10.1 Å². The third kappa shape index (κ3) is 4.52. The molecule has 1 saturated heterocycles. The van der Waals surface area contributed by atoms with Crippen LogP contribution < -0.4 is 10.6 Å². The van der Waals surface area contributed by atoms with E-state index in [1.807, 2.05) is 18.2 Å². The van der Waals surface area contributed by atoms with Crippen LogP contribution in [0.4, 0.5) is 9.93 Å². The smallest absolute Gasteiger partial charge is 0.321 e. The van der Waals surface area contributed by atoms with E-state index in [9.17, 15) is 4.79 Å². The number of hydrogen-bond donors (Lipinski definition) is 2. The number of carbonyl (C=O) groups is 1. The Labute approximate surface area is 145 Å². The number of aromatic nitrogens is 2. The minimum Gasteiger partial charge on any atom is -0.373 e. The number of rotatable bonds is 5. The minimum atomic E-state index is -0.229. The van der Waals surface area contributed by atoms with Crippen molar-refractivity contribution >= 4 is 22.5 Å². The van der Waals surface area contributed by atoms with Gasteiger partial charge in [0.15, 0.2) is 0 Å². The molecule has 0 aliphatic carbocycles. The highest BCUT2D eigenvalue weighted by atomic mass is 32.1. The molecular formula is C17H22N4O2S. The topological polar surface area (TPSA) is 76.1 Å². The van der Waals surface area contributed by atoms with Gasteiger partial charge in [0.25, 0.3) is 0 Å². The van der Waals surface area contributed by atoms with Crippen LogP contribution in [0.5, 0.6) is 0 Å². The molecule has 3 rings (SSSR count). The molecule has 2 N–H and O–H groups in total. The maximum atomic E-state index is 12.2. The SMILES string of the molecule is CCCc1nnc(NC(=O)N[C@H]2CCO[C@@H](c3ccccc3)C2)s1. The Hall–Kier alpha value is -1.99. The van der Waals surface area contributed by atoms with Crippen molar-refractivity contribution < 1.29 is 9.53 Å². The van der Waals surface area contributed by atoms with E-state index in [1.165, 1.54) is 11.3 Å². The maximum absolute atomic E-state index is 12.2. The average molecular weight is 346 g/mol. The normalized spacial score (nSPS) is 20.5. The van der Waals surface area contributed by atoms with Gasteiger partial charge in [-0.25, -0.2) is 4.79 Å². The predicted molar refractivity (Wildman–Crippen MR) is 94.2 cm³/mol. The van der Waals surface area contributed by atoms with E-state index >= 15 is 0 Å². The van der Waals surface area contributed by atoms with Crippen LogP contribution in [0.15, 0.2) is 30.3 Å². The molecule has 2 amide bonds. The fourth-order valence-corrected chi connectivity index (χ4v) is 3.60. The zero-order chi connectivity index (χ0) is 16.8. The van der Waals surface area contributed by atoms with E-state index in [1.54, 1.807) is 0 Å². The summed E-state index contributed by atoms with van der Waals surface area (Å²) in [4.78, 5) is 12.2. The van der Waals surface area contributed by atoms with Gasteiger partial charge in [0, 0.05) is 19.1 Å². The number of benzene rings is 1. The molecule has 24 heavy (non-hydrogen) atoms. The van der Waals surface area contributed by atoms with Crippen molar-refractivity contribution in [2.24, 2.45) is 0 Å². The molecule has 1 aliphatic heterocycles. The zero-order valence-electron chi connectivity index (χ0n) is 13.7. The summed E-state index contributed by atoms with van der Waals surface area (Å²) in [5.41, 5.74) is 1.15. The van der Waals surface area contributed by atoms with E-state index in [0.717, 1.165) is 36.3 Å². The molecule has 1 aromatic carbocycles. The van der Waals surface area contributed by atoms with Crippen molar-refractivity contribution in [2.75, 3.05) is 11.9 Å². The van der Waals surface area contributed by atoms with Gasteiger partial charge in [-0.05, 0) is 24.8 Å². The van der Waals surface area contributed by atoms with Gasteiger partial charge in [-0.2, -0.15) is 0 Å². The third-order valence-corrected chi connectivity index (χ3v) is 4.84. The van der Waals surface area contributed by atoms with Gasteiger partial charge in [-0.3, -0.25) is 5.32 Å². The summed E-state index contributed by atoms with van der Waals surface area (Å²) < 4.78 is 5.83. The van der Waals surface area contributed by atoms with Crippen LogP contribution in [0.3, 0.4) is 0 Å². The van der Waals surface area contributed by atoms with Gasteiger partial charge >= 0.3 is 6.03 Å². The van der Waals surface area contributed by atoms with Gasteiger partial charge in [-0.1, -0.05) is 48.6 Å². The summed E-state index contributed by atoms with van der Waals surface area (Å²) in [5.74, 6) is 0. The highest BCUT2D eigenvalue weighted by Gasteiger charge is 2.25. The molecule has 2 aromatic rings. The Balaban J connectivity index is 1.52. The Bertz CT molecular complexity index is 662. The van der Waals surface area contributed by atoms with E-state index in [0.29, 0.717) is 11.7 Å². The summed E-state index contributed by atoms with van der Waals surface area (Å²) in [6.07, 6.45) is 3.52. The Morgan fingerprint density at radius 2 is 2.17 bits per heavy atom. The van der Waals surface area contributed by atoms with E-state index in [2.05, 4.69) is 39.9 Å². The van der Waals surface area contributed by atoms with Crippen molar-refractivity contribution in [3.8, 4) is 0 Å². The van der Waals surface area contributed by atoms with Crippen molar-refractivity contribution in [1.82, 2.24) is 15.5 Å². The number of aryl methyl sites for hydroxylation is 1. The average Bonchev–Trinajstić information content (AvgIpc) is 3.03. The van der Waals surface area contributed by atoms with Crippen LogP contribution in [0.1, 0.15) is 42.9 Å². The lowest BCUT2D eigenvalue weighted by Crippen LogP contribution is -2.42. The monoisotopic (exact) mass is 346 g/mol. The first-order valence-corrected chi connectivity index (χ1v) is 9.12. The lowest BCUT2D eigenvalue weighted by molar-refractivity contribution is 0.00254. The first kappa shape index (κ1) is 16.9.